The van der Waals surface area contributed by atoms with Gasteiger partial charge in [-0.3, -0.25) is 9.48 Å². The summed E-state index contributed by atoms with van der Waals surface area (Å²) in [5, 5.41) is 6.27. The lowest BCUT2D eigenvalue weighted by Gasteiger charge is -2.14. The lowest BCUT2D eigenvalue weighted by atomic mass is 10.0. The Labute approximate surface area is 193 Å². The summed E-state index contributed by atoms with van der Waals surface area (Å²) in [4.78, 5) is 20.3. The van der Waals surface area contributed by atoms with Crippen LogP contribution in [0.15, 0.2) is 29.3 Å². The van der Waals surface area contributed by atoms with Crippen LogP contribution in [0.1, 0.15) is 37.6 Å². The van der Waals surface area contributed by atoms with Crippen molar-refractivity contribution in [3.63, 3.8) is 0 Å². The van der Waals surface area contributed by atoms with Gasteiger partial charge in [-0.2, -0.15) is 4.39 Å². The highest BCUT2D eigenvalue weighted by molar-refractivity contribution is 5.99. The van der Waals surface area contributed by atoms with Crippen LogP contribution in [0, 0.1) is 17.7 Å². The van der Waals surface area contributed by atoms with Crippen LogP contribution in [0.25, 0.3) is 10.9 Å². The van der Waals surface area contributed by atoms with Crippen molar-refractivity contribution in [3.8, 4) is 0 Å². The van der Waals surface area contributed by atoms with Crippen molar-refractivity contribution in [3.05, 3.63) is 41.6 Å². The Morgan fingerprint density at radius 2 is 1.91 bits per heavy atom. The lowest BCUT2D eigenvalue weighted by molar-refractivity contribution is 0.1000. The molecule has 1 amide bonds. The molecule has 3 rings (SSSR count). The summed E-state index contributed by atoms with van der Waals surface area (Å²) in [6, 6.07) is 4.61. The average molecular weight is 479 g/mol. The van der Waals surface area contributed by atoms with Gasteiger partial charge in [0.25, 0.3) is 12.3 Å². The van der Waals surface area contributed by atoms with E-state index in [9.17, 15) is 22.4 Å². The first-order chi connectivity index (χ1) is 16.0. The van der Waals surface area contributed by atoms with Gasteiger partial charge in [0.05, 0.1) is 16.5 Å². The molecule has 3 aromatic rings. The third kappa shape index (κ3) is 5.68. The number of benzene rings is 1. The minimum Gasteiger partial charge on any atom is -0.365 e. The second-order valence-corrected chi connectivity index (χ2v) is 8.26. The van der Waals surface area contributed by atoms with Crippen LogP contribution in [0.5, 0.6) is 0 Å². The Balaban J connectivity index is 2.05. The van der Waals surface area contributed by atoms with E-state index in [4.69, 9.17) is 11.5 Å². The molecule has 0 radical (unpaired) electrons. The topological polar surface area (TPSA) is 124 Å². The normalized spacial score (nSPS) is 13.2. The second kappa shape index (κ2) is 10.2. The summed E-state index contributed by atoms with van der Waals surface area (Å²) in [5.74, 6) is -2.95. The lowest BCUT2D eigenvalue weighted by Crippen LogP contribution is -2.28. The van der Waals surface area contributed by atoms with Gasteiger partial charge in [-0.25, -0.2) is 23.1 Å². The third-order valence-electron chi connectivity index (χ3n) is 4.89. The highest BCUT2D eigenvalue weighted by atomic mass is 19.3. The first-order valence-electron chi connectivity index (χ1n) is 10.5. The number of nitrogens with two attached hydrogens (primary N) is 2. The number of rotatable bonds is 9. The number of hydrogen-bond acceptors (Lipinski definition) is 6. The number of anilines is 2. The standard InChI is InChI=1S/C22H25F4N7O/c1-10(2)6-16(11(3)27)30-22-15(23)8-14(20(28)34)21(31-22)29-12-4-5-17-13(7-12)19(26)32-33(17)9-18(24)25/h4-5,7-8,10-11,18H,6,9,27H2,1-3H3,(H2,28,34)(H,29,31)/t11-/m0/s1. The number of nitrogens with zero attached hydrogens (tertiary/aromatic N) is 4. The molecule has 2 aromatic heterocycles. The third-order valence-corrected chi connectivity index (χ3v) is 4.89. The molecule has 12 heteroatoms. The molecule has 0 aliphatic heterocycles. The first kappa shape index (κ1) is 25.1. The van der Waals surface area contributed by atoms with Gasteiger partial charge in [0.15, 0.2) is 11.6 Å². The Morgan fingerprint density at radius 3 is 2.50 bits per heavy atom. The number of primary amides is 1. The Kier molecular flexibility index (Phi) is 7.50. The molecule has 5 N–H and O–H groups in total. The van der Waals surface area contributed by atoms with Gasteiger partial charge in [-0.05, 0) is 43.5 Å². The molecule has 34 heavy (non-hydrogen) atoms. The van der Waals surface area contributed by atoms with Crippen molar-refractivity contribution in [2.45, 2.75) is 46.2 Å². The van der Waals surface area contributed by atoms with E-state index in [1.54, 1.807) is 6.92 Å². The first-order valence-corrected chi connectivity index (χ1v) is 10.5. The number of hydrogen-bond donors (Lipinski definition) is 3. The summed E-state index contributed by atoms with van der Waals surface area (Å²) >= 11 is 0. The number of amides is 1. The quantitative estimate of drug-likeness (QED) is 0.312. The molecule has 0 saturated carbocycles. The summed E-state index contributed by atoms with van der Waals surface area (Å²) in [7, 11) is 0. The molecule has 0 spiro atoms. The number of pyridine rings is 1. The number of halogens is 4. The minimum atomic E-state index is -2.71. The van der Waals surface area contributed by atoms with E-state index in [0.717, 1.165) is 10.7 Å². The van der Waals surface area contributed by atoms with Crippen molar-refractivity contribution in [1.29, 1.82) is 0 Å². The predicted molar refractivity (Wildman–Crippen MR) is 122 cm³/mol. The number of carbonyl (C=O) groups is 1. The van der Waals surface area contributed by atoms with Gasteiger partial charge in [-0.1, -0.05) is 13.8 Å². The number of aliphatic imine (C=N–C) groups is 1. The van der Waals surface area contributed by atoms with Crippen molar-refractivity contribution < 1.29 is 22.4 Å². The zero-order valence-corrected chi connectivity index (χ0v) is 18.8. The van der Waals surface area contributed by atoms with Crippen molar-refractivity contribution in [1.82, 2.24) is 14.8 Å². The molecule has 182 valence electrons. The van der Waals surface area contributed by atoms with Crippen LogP contribution >= 0.6 is 0 Å². The van der Waals surface area contributed by atoms with Crippen molar-refractivity contribution >= 4 is 39.8 Å². The van der Waals surface area contributed by atoms with E-state index >= 15 is 0 Å². The number of fused-ring (bicyclic) bond motifs is 1. The molecule has 0 aliphatic rings. The predicted octanol–water partition coefficient (Wildman–Crippen LogP) is 4.28. The molecule has 8 nitrogen and oxygen atoms in total. The molecule has 2 heterocycles. The molecular formula is C22H25F4N7O. The summed E-state index contributed by atoms with van der Waals surface area (Å²) in [5.41, 5.74) is 12.0. The van der Waals surface area contributed by atoms with Gasteiger partial charge in [0.2, 0.25) is 5.95 Å². The van der Waals surface area contributed by atoms with E-state index in [0.29, 0.717) is 12.1 Å². The van der Waals surface area contributed by atoms with Crippen LogP contribution in [0.2, 0.25) is 0 Å². The summed E-state index contributed by atoms with van der Waals surface area (Å²) < 4.78 is 55.3. The Bertz CT molecular complexity index is 1240. The minimum absolute atomic E-state index is 0.0252. The maximum absolute atomic E-state index is 14.7. The zero-order chi connectivity index (χ0) is 25.2. The van der Waals surface area contributed by atoms with Crippen LogP contribution in [0.3, 0.4) is 0 Å². The molecular weight excluding hydrogens is 454 g/mol. The van der Waals surface area contributed by atoms with E-state index in [-0.39, 0.29) is 39.7 Å². The summed E-state index contributed by atoms with van der Waals surface area (Å²) in [6.45, 7) is 4.87. The van der Waals surface area contributed by atoms with Crippen LogP contribution in [0.4, 0.5) is 34.9 Å². The van der Waals surface area contributed by atoms with Crippen LogP contribution in [-0.2, 0) is 6.54 Å². The molecule has 0 bridgehead atoms. The Hall–Kier alpha value is -3.54. The van der Waals surface area contributed by atoms with Crippen LogP contribution < -0.4 is 16.8 Å². The zero-order valence-electron chi connectivity index (χ0n) is 18.8. The highest BCUT2D eigenvalue weighted by Crippen LogP contribution is 2.28. The fourth-order valence-corrected chi connectivity index (χ4v) is 3.35. The van der Waals surface area contributed by atoms with E-state index in [2.05, 4.69) is 20.4 Å². The van der Waals surface area contributed by atoms with Gasteiger partial charge >= 0.3 is 0 Å². The molecule has 0 saturated heterocycles. The fraction of sp³-hybridized carbons (Fsp3) is 0.364. The monoisotopic (exact) mass is 479 g/mol. The van der Waals surface area contributed by atoms with E-state index in [1.807, 2.05) is 13.8 Å². The number of nitrogens with one attached hydrogen (secondary N) is 1. The molecule has 1 aromatic carbocycles. The van der Waals surface area contributed by atoms with Gasteiger partial charge < -0.3 is 16.8 Å². The number of alkyl halides is 2. The second-order valence-electron chi connectivity index (χ2n) is 8.26. The summed E-state index contributed by atoms with van der Waals surface area (Å²) in [6.07, 6.45) is -2.20. The van der Waals surface area contributed by atoms with E-state index < -0.39 is 36.7 Å². The molecule has 0 unspecified atom stereocenters. The maximum atomic E-state index is 14.7. The maximum Gasteiger partial charge on any atom is 0.257 e. The van der Waals surface area contributed by atoms with Crippen molar-refractivity contribution in [2.75, 3.05) is 5.32 Å². The largest absolute Gasteiger partial charge is 0.365 e. The van der Waals surface area contributed by atoms with E-state index in [1.165, 1.54) is 18.2 Å². The average Bonchev–Trinajstić information content (AvgIpc) is 3.03. The molecule has 0 aliphatic carbocycles. The van der Waals surface area contributed by atoms with Gasteiger partial charge in [-0.15, -0.1) is 5.10 Å². The fourth-order valence-electron chi connectivity index (χ4n) is 3.35. The molecule has 1 atom stereocenters. The smallest absolute Gasteiger partial charge is 0.257 e. The highest BCUT2D eigenvalue weighted by Gasteiger charge is 2.19. The number of aromatic nitrogens is 3. The van der Waals surface area contributed by atoms with Crippen molar-refractivity contribution in [2.24, 2.45) is 22.4 Å². The number of carbonyl (C=O) groups excluding carboxylic acids is 1. The van der Waals surface area contributed by atoms with Gasteiger partial charge in [0.1, 0.15) is 12.4 Å². The van der Waals surface area contributed by atoms with Crippen LogP contribution in [-0.4, -0.2) is 38.9 Å². The van der Waals surface area contributed by atoms with Gasteiger partial charge in [0, 0.05) is 17.4 Å². The molecule has 0 fully saturated rings. The SMILES string of the molecule is CC(C)CC(=Nc1nc(Nc2ccc3c(c2)c(F)nn3CC(F)F)c(C(N)=O)cc1F)[C@H](C)N. The Morgan fingerprint density at radius 1 is 1.21 bits per heavy atom.